The van der Waals surface area contributed by atoms with E-state index in [9.17, 15) is 19.3 Å². The highest BCUT2D eigenvalue weighted by atomic mass is 35.5. The Morgan fingerprint density at radius 1 is 1.31 bits per heavy atom. The van der Waals surface area contributed by atoms with E-state index in [1.165, 1.54) is 0 Å². The summed E-state index contributed by atoms with van der Waals surface area (Å²) in [7, 11) is 0. The van der Waals surface area contributed by atoms with E-state index in [2.05, 4.69) is 10.3 Å². The van der Waals surface area contributed by atoms with Gasteiger partial charge in [0.2, 0.25) is 5.91 Å². The molecule has 0 aliphatic carbocycles. The monoisotopic (exact) mass is 378 g/mol. The lowest BCUT2D eigenvalue weighted by Gasteiger charge is -2.32. The van der Waals surface area contributed by atoms with Gasteiger partial charge in [-0.3, -0.25) is 14.9 Å². The maximum atomic E-state index is 13.8. The number of anilines is 2. The SMILES string of the molecule is O=C(Nc1cc([N+](=O)[O-])ccc1F)C1CCN(c2ccc(Cl)cn2)CC1. The Hall–Kier alpha value is -2.74. The van der Waals surface area contributed by atoms with Gasteiger partial charge in [0, 0.05) is 37.3 Å². The number of benzene rings is 1. The number of carbonyl (C=O) groups excluding carboxylic acids is 1. The van der Waals surface area contributed by atoms with E-state index in [0.717, 1.165) is 24.0 Å². The van der Waals surface area contributed by atoms with Crippen LogP contribution in [0.15, 0.2) is 36.5 Å². The number of aromatic nitrogens is 1. The number of nitrogens with zero attached hydrogens (tertiary/aromatic N) is 3. The second kappa shape index (κ2) is 7.65. The van der Waals surface area contributed by atoms with Crippen LogP contribution in [0.1, 0.15) is 12.8 Å². The number of amides is 1. The molecule has 0 unspecified atom stereocenters. The molecular formula is C17H16ClFN4O3. The summed E-state index contributed by atoms with van der Waals surface area (Å²) in [4.78, 5) is 28.9. The number of hydrogen-bond donors (Lipinski definition) is 1. The van der Waals surface area contributed by atoms with Crippen molar-refractivity contribution in [1.82, 2.24) is 4.98 Å². The van der Waals surface area contributed by atoms with Gasteiger partial charge in [0.05, 0.1) is 15.6 Å². The Labute approximate surface area is 153 Å². The summed E-state index contributed by atoms with van der Waals surface area (Å²) in [5.41, 5.74) is -0.448. The molecule has 136 valence electrons. The zero-order valence-electron chi connectivity index (χ0n) is 13.7. The summed E-state index contributed by atoms with van der Waals surface area (Å²) >= 11 is 5.83. The second-order valence-corrected chi connectivity index (χ2v) is 6.44. The summed E-state index contributed by atoms with van der Waals surface area (Å²) in [6, 6.07) is 6.64. The van der Waals surface area contributed by atoms with Crippen molar-refractivity contribution in [3.63, 3.8) is 0 Å². The van der Waals surface area contributed by atoms with Crippen molar-refractivity contribution in [1.29, 1.82) is 0 Å². The Kier molecular flexibility index (Phi) is 5.32. The molecule has 1 aliphatic rings. The van der Waals surface area contributed by atoms with Crippen molar-refractivity contribution in [2.24, 2.45) is 5.92 Å². The Morgan fingerprint density at radius 2 is 2.04 bits per heavy atom. The highest BCUT2D eigenvalue weighted by molar-refractivity contribution is 6.30. The van der Waals surface area contributed by atoms with Crippen LogP contribution in [0, 0.1) is 21.8 Å². The van der Waals surface area contributed by atoms with Gasteiger partial charge in [-0.15, -0.1) is 0 Å². The van der Waals surface area contributed by atoms with Crippen LogP contribution in [0.2, 0.25) is 5.02 Å². The minimum atomic E-state index is -0.702. The smallest absolute Gasteiger partial charge is 0.271 e. The van der Waals surface area contributed by atoms with Crippen molar-refractivity contribution in [2.45, 2.75) is 12.8 Å². The van der Waals surface area contributed by atoms with Crippen LogP contribution in [0.3, 0.4) is 0 Å². The summed E-state index contributed by atoms with van der Waals surface area (Å²) in [6.45, 7) is 1.26. The predicted molar refractivity (Wildman–Crippen MR) is 95.9 cm³/mol. The van der Waals surface area contributed by atoms with E-state index in [-0.39, 0.29) is 23.2 Å². The molecule has 0 saturated carbocycles. The predicted octanol–water partition coefficient (Wildman–Crippen LogP) is 3.64. The molecule has 0 bridgehead atoms. The highest BCUT2D eigenvalue weighted by Crippen LogP contribution is 2.26. The number of piperidine rings is 1. The summed E-state index contributed by atoms with van der Waals surface area (Å²) < 4.78 is 13.8. The largest absolute Gasteiger partial charge is 0.357 e. The van der Waals surface area contributed by atoms with E-state index >= 15 is 0 Å². The normalized spacial score (nSPS) is 14.9. The number of nitrogens with one attached hydrogen (secondary N) is 1. The molecule has 1 amide bonds. The maximum Gasteiger partial charge on any atom is 0.271 e. The average Bonchev–Trinajstić information content (AvgIpc) is 2.64. The molecule has 1 aromatic carbocycles. The van der Waals surface area contributed by atoms with Gasteiger partial charge in [0.25, 0.3) is 5.69 Å². The van der Waals surface area contributed by atoms with E-state index in [1.807, 2.05) is 11.0 Å². The molecule has 9 heteroatoms. The summed E-state index contributed by atoms with van der Waals surface area (Å²) in [5, 5.41) is 13.8. The lowest BCUT2D eigenvalue weighted by Crippen LogP contribution is -2.38. The van der Waals surface area contributed by atoms with Gasteiger partial charge in [0.15, 0.2) is 0 Å². The highest BCUT2D eigenvalue weighted by Gasteiger charge is 2.26. The third-order valence-corrected chi connectivity index (χ3v) is 4.54. The van der Waals surface area contributed by atoms with Crippen LogP contribution >= 0.6 is 11.6 Å². The second-order valence-electron chi connectivity index (χ2n) is 6.01. The molecule has 7 nitrogen and oxygen atoms in total. The van der Waals surface area contributed by atoms with Crippen molar-refractivity contribution >= 4 is 34.7 Å². The lowest BCUT2D eigenvalue weighted by molar-refractivity contribution is -0.384. The molecule has 2 heterocycles. The number of rotatable bonds is 4. The quantitative estimate of drug-likeness (QED) is 0.648. The molecule has 2 aromatic rings. The molecule has 1 aromatic heterocycles. The number of carbonyl (C=O) groups is 1. The Bertz CT molecular complexity index is 823. The number of nitro groups is 1. The molecule has 3 rings (SSSR count). The van der Waals surface area contributed by atoms with E-state index < -0.39 is 10.7 Å². The molecule has 1 N–H and O–H groups in total. The molecule has 26 heavy (non-hydrogen) atoms. The first-order chi connectivity index (χ1) is 12.4. The third-order valence-electron chi connectivity index (χ3n) is 4.32. The van der Waals surface area contributed by atoms with E-state index in [1.54, 1.807) is 12.3 Å². The zero-order chi connectivity index (χ0) is 18.7. The van der Waals surface area contributed by atoms with Gasteiger partial charge in [0.1, 0.15) is 11.6 Å². The fourth-order valence-electron chi connectivity index (χ4n) is 2.88. The number of hydrogen-bond acceptors (Lipinski definition) is 5. The number of pyridine rings is 1. The van der Waals surface area contributed by atoms with Gasteiger partial charge in [-0.05, 0) is 31.0 Å². The minimum Gasteiger partial charge on any atom is -0.357 e. The first kappa shape index (κ1) is 18.1. The maximum absolute atomic E-state index is 13.8. The van der Waals surface area contributed by atoms with Gasteiger partial charge in [-0.25, -0.2) is 9.37 Å². The van der Waals surface area contributed by atoms with Gasteiger partial charge in [-0.1, -0.05) is 11.6 Å². The minimum absolute atomic E-state index is 0.175. The number of non-ortho nitro benzene ring substituents is 1. The summed E-state index contributed by atoms with van der Waals surface area (Å²) in [6.07, 6.45) is 2.72. The number of nitro benzene ring substituents is 1. The molecule has 0 spiro atoms. The first-order valence-corrected chi connectivity index (χ1v) is 8.43. The third kappa shape index (κ3) is 4.08. The van der Waals surface area contributed by atoms with Crippen molar-refractivity contribution in [3.05, 3.63) is 57.5 Å². The van der Waals surface area contributed by atoms with Gasteiger partial charge >= 0.3 is 0 Å². The standard InChI is InChI=1S/C17H16ClFN4O3/c18-12-1-4-16(20-10-12)22-7-5-11(6-8-22)17(24)21-15-9-13(23(25)26)2-3-14(15)19/h1-4,9-11H,5-8H2,(H,21,24). The van der Waals surface area contributed by atoms with Crippen LogP contribution in [-0.2, 0) is 4.79 Å². The summed E-state index contributed by atoms with van der Waals surface area (Å²) in [5.74, 6) is -0.546. The van der Waals surface area contributed by atoms with Crippen molar-refractivity contribution < 1.29 is 14.1 Å². The van der Waals surface area contributed by atoms with Gasteiger partial charge < -0.3 is 10.2 Å². The van der Waals surface area contributed by atoms with E-state index in [0.29, 0.717) is 31.0 Å². The molecule has 1 aliphatic heterocycles. The van der Waals surface area contributed by atoms with E-state index in [4.69, 9.17) is 11.6 Å². The van der Waals surface area contributed by atoms with Crippen LogP contribution in [-0.4, -0.2) is 28.9 Å². The average molecular weight is 379 g/mol. The van der Waals surface area contributed by atoms with Crippen LogP contribution in [0.25, 0.3) is 0 Å². The van der Waals surface area contributed by atoms with Gasteiger partial charge in [-0.2, -0.15) is 0 Å². The molecular weight excluding hydrogens is 363 g/mol. The molecule has 0 atom stereocenters. The fourth-order valence-corrected chi connectivity index (χ4v) is 3.00. The molecule has 1 saturated heterocycles. The van der Waals surface area contributed by atoms with Crippen LogP contribution < -0.4 is 10.2 Å². The van der Waals surface area contributed by atoms with Crippen molar-refractivity contribution in [2.75, 3.05) is 23.3 Å². The fraction of sp³-hybridized carbons (Fsp3) is 0.294. The van der Waals surface area contributed by atoms with Crippen molar-refractivity contribution in [3.8, 4) is 0 Å². The zero-order valence-corrected chi connectivity index (χ0v) is 14.4. The first-order valence-electron chi connectivity index (χ1n) is 8.05. The van der Waals surface area contributed by atoms with Crippen LogP contribution in [0.4, 0.5) is 21.6 Å². The topological polar surface area (TPSA) is 88.4 Å². The lowest BCUT2D eigenvalue weighted by atomic mass is 9.95. The van der Waals surface area contributed by atoms with Crippen LogP contribution in [0.5, 0.6) is 0 Å². The Morgan fingerprint density at radius 3 is 2.65 bits per heavy atom. The molecule has 1 fully saturated rings. The molecule has 0 radical (unpaired) electrons. The number of halogens is 2. The Balaban J connectivity index is 1.61.